The van der Waals surface area contributed by atoms with Crippen molar-refractivity contribution in [1.82, 2.24) is 4.57 Å². The number of hydrogen-bond donors (Lipinski definition) is 0. The molecule has 1 heterocycles. The quantitative estimate of drug-likeness (QED) is 0.605. The number of hydrogen-bond acceptors (Lipinski definition) is 4. The molecule has 0 aliphatic carbocycles. The molecule has 0 unspecified atom stereocenters. The van der Waals surface area contributed by atoms with Crippen LogP contribution in [-0.2, 0) is 9.47 Å². The van der Waals surface area contributed by atoms with E-state index in [-0.39, 0.29) is 24.6 Å². The molecule has 27 heavy (non-hydrogen) atoms. The standard InChI is InChI=1S/C22H21NO4/c1-3-26-21(24)19-14-15-20(22(25)27-4-2)23(19)18-12-10-17(11-13-18)16-8-6-5-7-9-16/h5-15H,3-4H2,1-2H3. The Balaban J connectivity index is 2.04. The van der Waals surface area contributed by atoms with E-state index in [4.69, 9.17) is 9.47 Å². The van der Waals surface area contributed by atoms with Gasteiger partial charge in [0, 0.05) is 5.69 Å². The maximum Gasteiger partial charge on any atom is 0.355 e. The van der Waals surface area contributed by atoms with E-state index in [1.54, 1.807) is 30.5 Å². The maximum atomic E-state index is 12.3. The number of carbonyl (C=O) groups is 2. The largest absolute Gasteiger partial charge is 0.461 e. The van der Waals surface area contributed by atoms with Gasteiger partial charge in [0.25, 0.3) is 0 Å². The van der Waals surface area contributed by atoms with E-state index in [0.29, 0.717) is 5.69 Å². The summed E-state index contributed by atoms with van der Waals surface area (Å²) in [6, 6.07) is 20.8. The Morgan fingerprint density at radius 1 is 0.704 bits per heavy atom. The van der Waals surface area contributed by atoms with Crippen LogP contribution >= 0.6 is 0 Å². The average molecular weight is 363 g/mol. The van der Waals surface area contributed by atoms with Gasteiger partial charge in [-0.1, -0.05) is 42.5 Å². The third kappa shape index (κ3) is 3.92. The lowest BCUT2D eigenvalue weighted by Crippen LogP contribution is -2.16. The lowest BCUT2D eigenvalue weighted by atomic mass is 10.1. The van der Waals surface area contributed by atoms with E-state index >= 15 is 0 Å². The number of ether oxygens (including phenoxy) is 2. The first kappa shape index (κ1) is 18.5. The predicted molar refractivity (Wildman–Crippen MR) is 103 cm³/mol. The highest BCUT2D eigenvalue weighted by molar-refractivity contribution is 5.94. The van der Waals surface area contributed by atoms with Crippen LogP contribution in [-0.4, -0.2) is 29.7 Å². The zero-order valence-corrected chi connectivity index (χ0v) is 15.3. The second-order valence-corrected chi connectivity index (χ2v) is 5.79. The number of aromatic nitrogens is 1. The number of rotatable bonds is 6. The fraction of sp³-hybridized carbons (Fsp3) is 0.182. The first-order valence-electron chi connectivity index (χ1n) is 8.87. The molecule has 3 aromatic rings. The summed E-state index contributed by atoms with van der Waals surface area (Å²) in [5, 5.41) is 0. The summed E-state index contributed by atoms with van der Waals surface area (Å²) in [6.45, 7) is 4.00. The highest BCUT2D eigenvalue weighted by Crippen LogP contribution is 2.24. The molecule has 2 aromatic carbocycles. The molecule has 0 saturated carbocycles. The van der Waals surface area contributed by atoms with E-state index in [0.717, 1.165) is 11.1 Å². The summed E-state index contributed by atoms with van der Waals surface area (Å²) in [5.41, 5.74) is 3.39. The van der Waals surface area contributed by atoms with Gasteiger partial charge in [-0.05, 0) is 49.2 Å². The Morgan fingerprint density at radius 2 is 1.19 bits per heavy atom. The molecule has 0 N–H and O–H groups in total. The van der Waals surface area contributed by atoms with Crippen molar-refractivity contribution in [2.45, 2.75) is 13.8 Å². The van der Waals surface area contributed by atoms with E-state index in [9.17, 15) is 9.59 Å². The van der Waals surface area contributed by atoms with Crippen molar-refractivity contribution < 1.29 is 19.1 Å². The fourth-order valence-electron chi connectivity index (χ4n) is 2.88. The van der Waals surface area contributed by atoms with Crippen LogP contribution in [0.25, 0.3) is 16.8 Å². The summed E-state index contributed by atoms with van der Waals surface area (Å²) in [6.07, 6.45) is 0. The van der Waals surface area contributed by atoms with Crippen molar-refractivity contribution in [1.29, 1.82) is 0 Å². The van der Waals surface area contributed by atoms with Crippen LogP contribution in [0, 0.1) is 0 Å². The third-order valence-electron chi connectivity index (χ3n) is 4.08. The summed E-state index contributed by atoms with van der Waals surface area (Å²) >= 11 is 0. The van der Waals surface area contributed by atoms with Gasteiger partial charge in [-0.2, -0.15) is 0 Å². The topological polar surface area (TPSA) is 57.5 Å². The molecular weight excluding hydrogens is 342 g/mol. The van der Waals surface area contributed by atoms with Crippen molar-refractivity contribution in [2.24, 2.45) is 0 Å². The average Bonchev–Trinajstić information content (AvgIpc) is 3.14. The first-order valence-corrected chi connectivity index (χ1v) is 8.87. The van der Waals surface area contributed by atoms with Crippen LogP contribution in [0.4, 0.5) is 0 Å². The van der Waals surface area contributed by atoms with Crippen LogP contribution in [0.2, 0.25) is 0 Å². The van der Waals surface area contributed by atoms with Gasteiger partial charge in [0.05, 0.1) is 13.2 Å². The van der Waals surface area contributed by atoms with Gasteiger partial charge in [-0.3, -0.25) is 4.57 Å². The second-order valence-electron chi connectivity index (χ2n) is 5.79. The van der Waals surface area contributed by atoms with E-state index in [1.165, 1.54) is 0 Å². The molecule has 0 radical (unpaired) electrons. The van der Waals surface area contributed by atoms with E-state index < -0.39 is 11.9 Å². The molecule has 5 heteroatoms. The van der Waals surface area contributed by atoms with Gasteiger partial charge >= 0.3 is 11.9 Å². The molecule has 0 aliphatic rings. The Kier molecular flexibility index (Phi) is 5.71. The zero-order valence-electron chi connectivity index (χ0n) is 15.3. The van der Waals surface area contributed by atoms with Crippen LogP contribution in [0.3, 0.4) is 0 Å². The molecule has 5 nitrogen and oxygen atoms in total. The minimum Gasteiger partial charge on any atom is -0.461 e. The van der Waals surface area contributed by atoms with Gasteiger partial charge in [0.15, 0.2) is 0 Å². The van der Waals surface area contributed by atoms with Gasteiger partial charge in [0.1, 0.15) is 11.4 Å². The molecule has 0 amide bonds. The lowest BCUT2D eigenvalue weighted by molar-refractivity contribution is 0.0509. The number of carbonyl (C=O) groups excluding carboxylic acids is 2. The predicted octanol–water partition coefficient (Wildman–Crippen LogP) is 4.50. The van der Waals surface area contributed by atoms with Crippen molar-refractivity contribution in [3.8, 4) is 16.8 Å². The SMILES string of the molecule is CCOC(=O)c1ccc(C(=O)OCC)n1-c1ccc(-c2ccccc2)cc1. The van der Waals surface area contributed by atoms with Crippen LogP contribution in [0.15, 0.2) is 66.7 Å². The highest BCUT2D eigenvalue weighted by Gasteiger charge is 2.22. The number of esters is 2. The normalized spacial score (nSPS) is 10.4. The van der Waals surface area contributed by atoms with Gasteiger partial charge in [0.2, 0.25) is 0 Å². The minimum atomic E-state index is -0.486. The molecular formula is C22H21NO4. The third-order valence-corrected chi connectivity index (χ3v) is 4.08. The molecule has 3 rings (SSSR count). The van der Waals surface area contributed by atoms with Gasteiger partial charge in [-0.15, -0.1) is 0 Å². The van der Waals surface area contributed by atoms with Gasteiger partial charge < -0.3 is 9.47 Å². The molecule has 1 aromatic heterocycles. The monoisotopic (exact) mass is 363 g/mol. The zero-order chi connectivity index (χ0) is 19.2. The number of benzene rings is 2. The highest BCUT2D eigenvalue weighted by atomic mass is 16.5. The Labute approximate surface area is 158 Å². The van der Waals surface area contributed by atoms with Gasteiger partial charge in [-0.25, -0.2) is 9.59 Å². The molecule has 0 fully saturated rings. The molecule has 0 spiro atoms. The molecule has 0 bridgehead atoms. The van der Waals surface area contributed by atoms with Crippen LogP contribution < -0.4 is 0 Å². The molecule has 138 valence electrons. The Hall–Kier alpha value is -3.34. The molecule has 0 aliphatic heterocycles. The number of nitrogens with zero attached hydrogens (tertiary/aromatic N) is 1. The fourth-order valence-corrected chi connectivity index (χ4v) is 2.88. The molecule has 0 saturated heterocycles. The summed E-state index contributed by atoms with van der Waals surface area (Å²) < 4.78 is 11.8. The maximum absolute atomic E-state index is 12.3. The Bertz CT molecular complexity index is 891. The Morgan fingerprint density at radius 3 is 1.67 bits per heavy atom. The van der Waals surface area contributed by atoms with E-state index in [2.05, 4.69) is 0 Å². The van der Waals surface area contributed by atoms with Crippen molar-refractivity contribution >= 4 is 11.9 Å². The van der Waals surface area contributed by atoms with Crippen molar-refractivity contribution in [3.63, 3.8) is 0 Å². The summed E-state index contributed by atoms with van der Waals surface area (Å²) in [7, 11) is 0. The van der Waals surface area contributed by atoms with Crippen LogP contribution in [0.5, 0.6) is 0 Å². The minimum absolute atomic E-state index is 0.256. The first-order chi connectivity index (χ1) is 13.2. The van der Waals surface area contributed by atoms with Crippen molar-refractivity contribution in [3.05, 3.63) is 78.1 Å². The smallest absolute Gasteiger partial charge is 0.355 e. The van der Waals surface area contributed by atoms with E-state index in [1.807, 2.05) is 54.6 Å². The molecule has 0 atom stereocenters. The second kappa shape index (κ2) is 8.36. The lowest BCUT2D eigenvalue weighted by Gasteiger charge is -2.13. The summed E-state index contributed by atoms with van der Waals surface area (Å²) in [5.74, 6) is -0.972. The van der Waals surface area contributed by atoms with Crippen molar-refractivity contribution in [2.75, 3.05) is 13.2 Å². The van der Waals surface area contributed by atoms with Crippen LogP contribution in [0.1, 0.15) is 34.8 Å². The summed E-state index contributed by atoms with van der Waals surface area (Å²) in [4.78, 5) is 24.7.